The molecule has 2 N–H and O–H groups in total. The van der Waals surface area contributed by atoms with Crippen LogP contribution < -0.4 is 15.5 Å². The minimum atomic E-state index is 0.246. The van der Waals surface area contributed by atoms with Gasteiger partial charge in [0, 0.05) is 58.7 Å². The quantitative estimate of drug-likeness (QED) is 0.345. The Labute approximate surface area is 190 Å². The van der Waals surface area contributed by atoms with Gasteiger partial charge in [0.15, 0.2) is 5.96 Å². The van der Waals surface area contributed by atoms with Crippen molar-refractivity contribution in [3.63, 3.8) is 0 Å². The van der Waals surface area contributed by atoms with E-state index < -0.39 is 0 Å². The first-order valence-corrected chi connectivity index (χ1v) is 11.8. The normalized spacial score (nSPS) is 19.3. The predicted octanol–water partition coefficient (Wildman–Crippen LogP) is 1.58. The summed E-state index contributed by atoms with van der Waals surface area (Å²) in [5.41, 5.74) is 0. The molecule has 9 nitrogen and oxygen atoms in total. The molecule has 2 fully saturated rings. The van der Waals surface area contributed by atoms with E-state index in [1.165, 1.54) is 12.8 Å². The van der Waals surface area contributed by atoms with Gasteiger partial charge in [-0.15, -0.1) is 0 Å². The molecule has 0 aliphatic carbocycles. The third-order valence-corrected chi connectivity index (χ3v) is 6.29. The molecule has 2 aliphatic rings. The van der Waals surface area contributed by atoms with Crippen molar-refractivity contribution in [3.8, 4) is 0 Å². The van der Waals surface area contributed by atoms with E-state index in [-0.39, 0.29) is 6.04 Å². The van der Waals surface area contributed by atoms with Gasteiger partial charge in [-0.05, 0) is 57.1 Å². The number of furan rings is 1. The zero-order valence-electron chi connectivity index (χ0n) is 19.1. The average molecular weight is 441 g/mol. The minimum absolute atomic E-state index is 0.246. The van der Waals surface area contributed by atoms with Crippen LogP contribution in [0.2, 0.25) is 0 Å². The van der Waals surface area contributed by atoms with Crippen molar-refractivity contribution in [2.45, 2.75) is 25.3 Å². The molecular formula is C23H36N8O. The molecule has 0 saturated carbocycles. The summed E-state index contributed by atoms with van der Waals surface area (Å²) >= 11 is 0. The summed E-state index contributed by atoms with van der Waals surface area (Å²) in [6.07, 6.45) is 8.98. The maximum atomic E-state index is 5.72. The van der Waals surface area contributed by atoms with Gasteiger partial charge in [-0.2, -0.15) is 0 Å². The second-order valence-corrected chi connectivity index (χ2v) is 8.39. The van der Waals surface area contributed by atoms with Crippen LogP contribution in [0.15, 0.2) is 46.3 Å². The van der Waals surface area contributed by atoms with Gasteiger partial charge < -0.3 is 20.0 Å². The van der Waals surface area contributed by atoms with Crippen molar-refractivity contribution >= 4 is 11.9 Å². The Bertz CT molecular complexity index is 799. The lowest BCUT2D eigenvalue weighted by Crippen LogP contribution is -2.48. The highest BCUT2D eigenvalue weighted by Crippen LogP contribution is 2.24. The number of hydrogen-bond donors (Lipinski definition) is 2. The summed E-state index contributed by atoms with van der Waals surface area (Å²) < 4.78 is 5.72. The molecule has 32 heavy (non-hydrogen) atoms. The molecule has 2 aromatic heterocycles. The van der Waals surface area contributed by atoms with Gasteiger partial charge in [-0.3, -0.25) is 14.8 Å². The Morgan fingerprint density at radius 3 is 2.53 bits per heavy atom. The monoisotopic (exact) mass is 440 g/mol. The number of nitrogens with zero attached hydrogens (tertiary/aromatic N) is 6. The molecule has 9 heteroatoms. The molecule has 0 bridgehead atoms. The molecule has 0 spiro atoms. The lowest BCUT2D eigenvalue weighted by molar-refractivity contribution is 0.215. The third kappa shape index (κ3) is 6.20. The van der Waals surface area contributed by atoms with Crippen LogP contribution in [0.5, 0.6) is 0 Å². The van der Waals surface area contributed by atoms with Gasteiger partial charge in [0.2, 0.25) is 5.95 Å². The van der Waals surface area contributed by atoms with Crippen LogP contribution in [0.4, 0.5) is 5.95 Å². The third-order valence-electron chi connectivity index (χ3n) is 6.29. The SMILES string of the molecule is CN=C(NCCCN1CCN(c2ncccn2)CC1)NCC(c1ccco1)N1CCCC1. The first kappa shape index (κ1) is 22.5. The minimum Gasteiger partial charge on any atom is -0.468 e. The highest BCUT2D eigenvalue weighted by Gasteiger charge is 2.25. The van der Waals surface area contributed by atoms with E-state index in [1.807, 2.05) is 31.6 Å². The van der Waals surface area contributed by atoms with E-state index in [1.54, 1.807) is 6.26 Å². The average Bonchev–Trinajstić information content (AvgIpc) is 3.57. The number of rotatable bonds is 9. The number of anilines is 1. The van der Waals surface area contributed by atoms with Gasteiger partial charge in [0.1, 0.15) is 5.76 Å². The Balaban J connectivity index is 1.14. The molecule has 4 rings (SSSR count). The molecule has 2 aliphatic heterocycles. The maximum absolute atomic E-state index is 5.72. The van der Waals surface area contributed by atoms with Crippen LogP contribution in [0.1, 0.15) is 31.1 Å². The summed E-state index contributed by atoms with van der Waals surface area (Å²) in [4.78, 5) is 20.4. The highest BCUT2D eigenvalue weighted by molar-refractivity contribution is 5.79. The predicted molar refractivity (Wildman–Crippen MR) is 127 cm³/mol. The highest BCUT2D eigenvalue weighted by atomic mass is 16.3. The number of hydrogen-bond acceptors (Lipinski definition) is 7. The molecule has 1 atom stereocenters. The summed E-state index contributed by atoms with van der Waals surface area (Å²) in [6.45, 7) is 9.07. The molecule has 0 radical (unpaired) electrons. The molecule has 2 aromatic rings. The standard InChI is InChI=1S/C23H36N8O/c1-24-22(28-19-20(21-7-4-18-32-21)30-12-2-3-13-30)25-10-6-11-29-14-16-31(17-15-29)23-26-8-5-9-27-23/h4-5,7-9,18,20H,2-3,6,10-17,19H2,1H3,(H2,24,25,28). The maximum Gasteiger partial charge on any atom is 0.225 e. The largest absolute Gasteiger partial charge is 0.468 e. The van der Waals surface area contributed by atoms with Crippen molar-refractivity contribution in [2.24, 2.45) is 4.99 Å². The second-order valence-electron chi connectivity index (χ2n) is 8.39. The van der Waals surface area contributed by atoms with Crippen molar-refractivity contribution in [3.05, 3.63) is 42.6 Å². The van der Waals surface area contributed by atoms with Crippen LogP contribution in [0, 0.1) is 0 Å². The number of likely N-dealkylation sites (tertiary alicyclic amines) is 1. The molecular weight excluding hydrogens is 404 g/mol. The Morgan fingerprint density at radius 2 is 1.84 bits per heavy atom. The lowest BCUT2D eigenvalue weighted by Gasteiger charge is -2.34. The van der Waals surface area contributed by atoms with Crippen LogP contribution in [-0.4, -0.2) is 91.7 Å². The number of aliphatic imine (C=N–C) groups is 1. The van der Waals surface area contributed by atoms with Gasteiger partial charge >= 0.3 is 0 Å². The van der Waals surface area contributed by atoms with Crippen LogP contribution >= 0.6 is 0 Å². The van der Waals surface area contributed by atoms with Crippen LogP contribution in [0.25, 0.3) is 0 Å². The van der Waals surface area contributed by atoms with E-state index in [0.717, 1.165) is 83.0 Å². The summed E-state index contributed by atoms with van der Waals surface area (Å²) in [5, 5.41) is 6.97. The van der Waals surface area contributed by atoms with Gasteiger partial charge in [-0.25, -0.2) is 9.97 Å². The number of aromatic nitrogens is 2. The van der Waals surface area contributed by atoms with Crippen molar-refractivity contribution in [2.75, 3.05) is 70.9 Å². The van der Waals surface area contributed by atoms with Crippen LogP contribution in [-0.2, 0) is 0 Å². The molecule has 4 heterocycles. The van der Waals surface area contributed by atoms with Gasteiger partial charge in [-0.1, -0.05) is 0 Å². The Kier molecular flexibility index (Phi) is 8.33. The molecule has 174 valence electrons. The Morgan fingerprint density at radius 1 is 1.06 bits per heavy atom. The van der Waals surface area contributed by atoms with Crippen molar-refractivity contribution in [1.82, 2.24) is 30.4 Å². The van der Waals surface area contributed by atoms with E-state index in [2.05, 4.69) is 46.4 Å². The second kappa shape index (κ2) is 11.8. The molecule has 0 amide bonds. The van der Waals surface area contributed by atoms with E-state index >= 15 is 0 Å². The van der Waals surface area contributed by atoms with E-state index in [9.17, 15) is 0 Å². The lowest BCUT2D eigenvalue weighted by atomic mass is 10.2. The smallest absolute Gasteiger partial charge is 0.225 e. The summed E-state index contributed by atoms with van der Waals surface area (Å²) in [5.74, 6) is 2.71. The zero-order valence-corrected chi connectivity index (χ0v) is 19.1. The zero-order chi connectivity index (χ0) is 22.0. The molecule has 1 unspecified atom stereocenters. The Hall–Kier alpha value is -2.65. The summed E-state index contributed by atoms with van der Waals surface area (Å²) in [7, 11) is 1.83. The van der Waals surface area contributed by atoms with Crippen molar-refractivity contribution < 1.29 is 4.42 Å². The van der Waals surface area contributed by atoms with Crippen LogP contribution in [0.3, 0.4) is 0 Å². The number of guanidine groups is 1. The van der Waals surface area contributed by atoms with E-state index in [4.69, 9.17) is 4.42 Å². The van der Waals surface area contributed by atoms with Crippen molar-refractivity contribution in [1.29, 1.82) is 0 Å². The topological polar surface area (TPSA) is 85.1 Å². The van der Waals surface area contributed by atoms with Gasteiger partial charge in [0.25, 0.3) is 0 Å². The summed E-state index contributed by atoms with van der Waals surface area (Å²) in [6, 6.07) is 6.15. The van der Waals surface area contributed by atoms with Gasteiger partial charge in [0.05, 0.1) is 12.3 Å². The fraction of sp³-hybridized carbons (Fsp3) is 0.609. The number of nitrogens with one attached hydrogen (secondary N) is 2. The molecule has 2 saturated heterocycles. The number of piperazine rings is 1. The fourth-order valence-corrected chi connectivity index (χ4v) is 4.49. The first-order valence-electron chi connectivity index (χ1n) is 11.8. The molecule has 0 aromatic carbocycles. The first-order chi connectivity index (χ1) is 15.8. The van der Waals surface area contributed by atoms with E-state index in [0.29, 0.717) is 0 Å². The fourth-order valence-electron chi connectivity index (χ4n) is 4.49.